The lowest BCUT2D eigenvalue weighted by atomic mass is 10.0. The molecule has 0 atom stereocenters. The number of aromatic nitrogens is 1. The molecule has 7 aromatic carbocycles. The summed E-state index contributed by atoms with van der Waals surface area (Å²) in [5, 5.41) is 16.4. The molecule has 4 nitrogen and oxygen atoms in total. The van der Waals surface area contributed by atoms with E-state index >= 15 is 0 Å². The Bertz CT molecular complexity index is 2580. The molecule has 0 radical (unpaired) electrons. The summed E-state index contributed by atoms with van der Waals surface area (Å²) in [5.41, 5.74) is 6.09. The SMILES string of the molecule is [C-]#[N+]c1cc(-c2ccc(-n3c4ccccc4c4cc(C#N)ccc43)c([N+]#[C-])c2)cc([Si](c2ccccc2)(c2ccccc2)c2ccccc2)c1. The number of para-hydroxylation sites is 1. The van der Waals surface area contributed by atoms with Crippen molar-refractivity contribution in [1.29, 1.82) is 5.26 Å². The number of hydrogen-bond donors (Lipinski definition) is 0. The molecule has 0 aliphatic heterocycles. The first kappa shape index (κ1) is 30.4. The van der Waals surface area contributed by atoms with Gasteiger partial charge >= 0.3 is 0 Å². The van der Waals surface area contributed by atoms with Crippen LogP contribution in [0.15, 0.2) is 170 Å². The van der Waals surface area contributed by atoms with Crippen LogP contribution in [0, 0.1) is 24.5 Å². The van der Waals surface area contributed by atoms with Crippen molar-refractivity contribution in [1.82, 2.24) is 4.57 Å². The van der Waals surface area contributed by atoms with Gasteiger partial charge in [0.15, 0.2) is 13.8 Å². The number of hydrogen-bond acceptors (Lipinski definition) is 1. The van der Waals surface area contributed by atoms with Crippen molar-refractivity contribution >= 4 is 62.0 Å². The maximum absolute atomic E-state index is 9.60. The van der Waals surface area contributed by atoms with Gasteiger partial charge < -0.3 is 4.57 Å². The molecule has 0 unspecified atom stereocenters. The molecule has 0 N–H and O–H groups in total. The molecule has 0 spiro atoms. The Morgan fingerprint density at radius 1 is 0.500 bits per heavy atom. The van der Waals surface area contributed by atoms with E-state index in [1.807, 2.05) is 66.7 Å². The van der Waals surface area contributed by atoms with Crippen molar-refractivity contribution in [3.8, 4) is 22.9 Å². The third kappa shape index (κ3) is 4.88. The second-order valence-electron chi connectivity index (χ2n) is 12.2. The van der Waals surface area contributed by atoms with Gasteiger partial charge in [-0.3, -0.25) is 0 Å². The molecular formula is C45H28N4Si. The van der Waals surface area contributed by atoms with Gasteiger partial charge in [0, 0.05) is 10.8 Å². The highest BCUT2D eigenvalue weighted by Gasteiger charge is 2.41. The Kier molecular flexibility index (Phi) is 7.63. The topological polar surface area (TPSA) is 37.4 Å². The van der Waals surface area contributed by atoms with E-state index in [0.717, 1.165) is 43.8 Å². The zero-order chi connectivity index (χ0) is 34.1. The summed E-state index contributed by atoms with van der Waals surface area (Å²) in [7, 11) is -2.89. The fraction of sp³-hybridized carbons (Fsp3) is 0. The van der Waals surface area contributed by atoms with E-state index in [1.54, 1.807) is 0 Å². The van der Waals surface area contributed by atoms with E-state index in [4.69, 9.17) is 13.1 Å². The summed E-state index contributed by atoms with van der Waals surface area (Å²) < 4.78 is 2.11. The average Bonchev–Trinajstić information content (AvgIpc) is 3.52. The van der Waals surface area contributed by atoms with Crippen LogP contribution in [0.4, 0.5) is 11.4 Å². The Labute approximate surface area is 292 Å². The predicted molar refractivity (Wildman–Crippen MR) is 207 cm³/mol. The average molecular weight is 653 g/mol. The van der Waals surface area contributed by atoms with Gasteiger partial charge in [0.05, 0.1) is 41.5 Å². The van der Waals surface area contributed by atoms with E-state index in [1.165, 1.54) is 15.6 Å². The third-order valence-corrected chi connectivity index (χ3v) is 14.3. The highest BCUT2D eigenvalue weighted by atomic mass is 28.3. The quantitative estimate of drug-likeness (QED) is 0.101. The number of nitrogens with zero attached hydrogens (tertiary/aromatic N) is 4. The predicted octanol–water partition coefficient (Wildman–Crippen LogP) is 8.80. The lowest BCUT2D eigenvalue weighted by Crippen LogP contribution is -2.74. The normalized spacial score (nSPS) is 11.1. The zero-order valence-corrected chi connectivity index (χ0v) is 28.0. The molecule has 5 heteroatoms. The number of nitriles is 1. The first-order valence-electron chi connectivity index (χ1n) is 16.3. The van der Waals surface area contributed by atoms with Crippen LogP contribution in [0.5, 0.6) is 0 Å². The smallest absolute Gasteiger partial charge is 0.211 e. The summed E-state index contributed by atoms with van der Waals surface area (Å²) in [6.45, 7) is 16.5. The van der Waals surface area contributed by atoms with Crippen molar-refractivity contribution in [2.24, 2.45) is 0 Å². The molecule has 0 bridgehead atoms. The lowest BCUT2D eigenvalue weighted by molar-refractivity contribution is 1.19. The van der Waals surface area contributed by atoms with Crippen molar-refractivity contribution < 1.29 is 0 Å². The first-order chi connectivity index (χ1) is 24.6. The molecule has 0 saturated carbocycles. The fourth-order valence-electron chi connectivity index (χ4n) is 7.41. The van der Waals surface area contributed by atoms with Gasteiger partial charge in [0.25, 0.3) is 0 Å². The maximum atomic E-state index is 9.60. The van der Waals surface area contributed by atoms with Crippen LogP contribution in [0.1, 0.15) is 5.56 Å². The summed E-state index contributed by atoms with van der Waals surface area (Å²) in [6, 6.07) is 60.3. The second-order valence-corrected chi connectivity index (χ2v) is 16.0. The van der Waals surface area contributed by atoms with Gasteiger partial charge in [-0.15, -0.1) is 0 Å². The molecule has 1 heterocycles. The molecule has 50 heavy (non-hydrogen) atoms. The standard InChI is InChI=1S/C45H28N4Si/c1-47-35-27-34(28-39(30-35)50(36-14-6-3-7-15-36,37-16-8-4-9-17-37)38-18-10-5-11-19-38)33-23-25-45(42(29-33)48-2)49-43-21-13-12-20-40(43)41-26-32(31-46)22-24-44(41)49/h3-30H. The minimum atomic E-state index is -2.89. The number of fused-ring (bicyclic) bond motifs is 3. The largest absolute Gasteiger partial charge is 0.319 e. The molecule has 0 fully saturated rings. The van der Waals surface area contributed by atoms with Gasteiger partial charge in [-0.25, -0.2) is 9.69 Å². The number of benzene rings is 7. The molecule has 1 aromatic heterocycles. The monoisotopic (exact) mass is 652 g/mol. The highest BCUT2D eigenvalue weighted by Crippen LogP contribution is 2.38. The van der Waals surface area contributed by atoms with E-state index in [9.17, 15) is 5.26 Å². The van der Waals surface area contributed by atoms with Crippen LogP contribution < -0.4 is 20.7 Å². The van der Waals surface area contributed by atoms with Gasteiger partial charge in [-0.1, -0.05) is 133 Å². The summed E-state index contributed by atoms with van der Waals surface area (Å²) in [5.74, 6) is 0. The van der Waals surface area contributed by atoms with Crippen LogP contribution in [0.25, 0.3) is 48.3 Å². The van der Waals surface area contributed by atoms with Crippen LogP contribution in [0.3, 0.4) is 0 Å². The van der Waals surface area contributed by atoms with Crippen LogP contribution >= 0.6 is 0 Å². The van der Waals surface area contributed by atoms with E-state index in [2.05, 4.69) is 123 Å². The molecule has 232 valence electrons. The molecule has 0 aliphatic carbocycles. The maximum Gasteiger partial charge on any atom is 0.211 e. The molecule has 8 rings (SSSR count). The van der Waals surface area contributed by atoms with Gasteiger partial charge in [-0.05, 0) is 69.2 Å². The minimum Gasteiger partial charge on any atom is -0.319 e. The Hall–Kier alpha value is -6.97. The van der Waals surface area contributed by atoms with Gasteiger partial charge in [0.2, 0.25) is 5.69 Å². The molecule has 8 aromatic rings. The summed E-state index contributed by atoms with van der Waals surface area (Å²) >= 11 is 0. The fourth-order valence-corrected chi connectivity index (χ4v) is 12.2. The second kappa shape index (κ2) is 12.6. The Morgan fingerprint density at radius 3 is 1.70 bits per heavy atom. The Morgan fingerprint density at radius 2 is 1.10 bits per heavy atom. The highest BCUT2D eigenvalue weighted by molar-refractivity contribution is 7.20. The number of rotatable bonds is 6. The van der Waals surface area contributed by atoms with Crippen molar-refractivity contribution in [3.63, 3.8) is 0 Å². The lowest BCUT2D eigenvalue weighted by Gasteiger charge is -2.35. The third-order valence-electron chi connectivity index (χ3n) is 9.57. The van der Waals surface area contributed by atoms with Crippen LogP contribution in [-0.4, -0.2) is 12.6 Å². The van der Waals surface area contributed by atoms with Gasteiger partial charge in [-0.2, -0.15) is 5.26 Å². The molecular weight excluding hydrogens is 625 g/mol. The Balaban J connectivity index is 1.37. The molecule has 0 aliphatic rings. The van der Waals surface area contributed by atoms with E-state index < -0.39 is 8.07 Å². The van der Waals surface area contributed by atoms with E-state index in [0.29, 0.717) is 16.9 Å². The minimum absolute atomic E-state index is 0.502. The summed E-state index contributed by atoms with van der Waals surface area (Å²) in [6.07, 6.45) is 0. The van der Waals surface area contributed by atoms with E-state index in [-0.39, 0.29) is 0 Å². The summed E-state index contributed by atoms with van der Waals surface area (Å²) in [4.78, 5) is 8.02. The van der Waals surface area contributed by atoms with Crippen molar-refractivity contribution in [3.05, 3.63) is 198 Å². The van der Waals surface area contributed by atoms with Crippen LogP contribution in [0.2, 0.25) is 0 Å². The van der Waals surface area contributed by atoms with Crippen molar-refractivity contribution in [2.75, 3.05) is 0 Å². The first-order valence-corrected chi connectivity index (χ1v) is 18.3. The zero-order valence-electron chi connectivity index (χ0n) is 27.0. The van der Waals surface area contributed by atoms with Crippen molar-refractivity contribution in [2.45, 2.75) is 0 Å². The van der Waals surface area contributed by atoms with Crippen LogP contribution in [-0.2, 0) is 0 Å². The molecule has 0 saturated heterocycles. The van der Waals surface area contributed by atoms with Gasteiger partial charge in [0.1, 0.15) is 0 Å². The molecule has 0 amide bonds.